The molecule has 7 nitrogen and oxygen atoms in total. The number of hydrogen-bond acceptors (Lipinski definition) is 7. The lowest BCUT2D eigenvalue weighted by Crippen LogP contribution is -2.52. The van der Waals surface area contributed by atoms with Crippen LogP contribution in [0.2, 0.25) is 0 Å². The third kappa shape index (κ3) is 4.16. The summed E-state index contributed by atoms with van der Waals surface area (Å²) in [4.78, 5) is 35.9. The fourth-order valence-electron chi connectivity index (χ4n) is 3.36. The van der Waals surface area contributed by atoms with Gasteiger partial charge in [0.1, 0.15) is 16.8 Å². The minimum absolute atomic E-state index is 0.280. The predicted octanol–water partition coefficient (Wildman–Crippen LogP) is 4.33. The highest BCUT2D eigenvalue weighted by molar-refractivity contribution is 7.13. The molecule has 2 aromatic heterocycles. The van der Waals surface area contributed by atoms with Crippen molar-refractivity contribution in [1.29, 1.82) is 0 Å². The van der Waals surface area contributed by atoms with E-state index in [-0.39, 0.29) is 5.91 Å². The van der Waals surface area contributed by atoms with Crippen molar-refractivity contribution in [1.82, 2.24) is 9.97 Å². The quantitative estimate of drug-likeness (QED) is 0.534. The summed E-state index contributed by atoms with van der Waals surface area (Å²) in [5.74, 6) is -0.170. The molecule has 0 saturated heterocycles. The number of carbonyl (C=O) groups excluding carboxylic acids is 2. The normalized spacial score (nSPS) is 16.4. The van der Waals surface area contributed by atoms with Crippen LogP contribution in [0.3, 0.4) is 0 Å². The van der Waals surface area contributed by atoms with Crippen molar-refractivity contribution in [2.75, 3.05) is 11.5 Å². The van der Waals surface area contributed by atoms with E-state index in [1.165, 1.54) is 16.2 Å². The Kier molecular flexibility index (Phi) is 5.99. The van der Waals surface area contributed by atoms with E-state index in [0.717, 1.165) is 28.4 Å². The molecule has 0 spiro atoms. The van der Waals surface area contributed by atoms with Gasteiger partial charge < -0.3 is 9.47 Å². The molecule has 2 unspecified atom stereocenters. The molecule has 4 rings (SSSR count). The van der Waals surface area contributed by atoms with Gasteiger partial charge in [0, 0.05) is 17.1 Å². The number of thiazole rings is 1. The van der Waals surface area contributed by atoms with Crippen LogP contribution in [0.25, 0.3) is 22.0 Å². The average molecular weight is 438 g/mol. The SMILES string of the molecule is CCCOC(=O)C(C)N1C(=O)C(C)Oc2ccc(-c3csc(-c4ccccn4)n3)cc21. The van der Waals surface area contributed by atoms with Crippen molar-refractivity contribution >= 4 is 28.9 Å². The van der Waals surface area contributed by atoms with E-state index >= 15 is 0 Å². The van der Waals surface area contributed by atoms with Gasteiger partial charge in [0.2, 0.25) is 0 Å². The summed E-state index contributed by atoms with van der Waals surface area (Å²) < 4.78 is 11.1. The lowest BCUT2D eigenvalue weighted by atomic mass is 10.1. The first-order valence-electron chi connectivity index (χ1n) is 10.2. The highest BCUT2D eigenvalue weighted by Crippen LogP contribution is 2.39. The number of nitrogens with zero attached hydrogens (tertiary/aromatic N) is 3. The van der Waals surface area contributed by atoms with Crippen LogP contribution in [0, 0.1) is 0 Å². The Morgan fingerprint density at radius 1 is 1.29 bits per heavy atom. The van der Waals surface area contributed by atoms with Gasteiger partial charge in [0.05, 0.1) is 23.7 Å². The molecule has 0 saturated carbocycles. The number of esters is 1. The number of ether oxygens (including phenoxy) is 2. The van der Waals surface area contributed by atoms with Crippen molar-refractivity contribution in [3.8, 4) is 27.7 Å². The second kappa shape index (κ2) is 8.85. The fourth-order valence-corrected chi connectivity index (χ4v) is 4.17. The van der Waals surface area contributed by atoms with Gasteiger partial charge in [-0.05, 0) is 50.6 Å². The molecular formula is C23H23N3O4S. The molecule has 8 heteroatoms. The molecule has 1 amide bonds. The maximum atomic E-state index is 12.9. The van der Waals surface area contributed by atoms with E-state index in [0.29, 0.717) is 18.0 Å². The highest BCUT2D eigenvalue weighted by Gasteiger charge is 2.38. The van der Waals surface area contributed by atoms with Crippen LogP contribution in [-0.2, 0) is 14.3 Å². The van der Waals surface area contributed by atoms with E-state index < -0.39 is 18.1 Å². The Bertz CT molecular complexity index is 1100. The number of aromatic nitrogens is 2. The minimum atomic E-state index is -0.765. The first-order valence-corrected chi connectivity index (χ1v) is 11.0. The van der Waals surface area contributed by atoms with E-state index in [4.69, 9.17) is 14.5 Å². The van der Waals surface area contributed by atoms with Gasteiger partial charge in [-0.3, -0.25) is 14.7 Å². The molecule has 1 aliphatic rings. The summed E-state index contributed by atoms with van der Waals surface area (Å²) in [5.41, 5.74) is 2.93. The van der Waals surface area contributed by atoms with Gasteiger partial charge in [0.15, 0.2) is 6.10 Å². The zero-order valence-electron chi connectivity index (χ0n) is 17.6. The summed E-state index contributed by atoms with van der Waals surface area (Å²) in [7, 11) is 0. The van der Waals surface area contributed by atoms with Crippen LogP contribution >= 0.6 is 11.3 Å². The Labute approximate surface area is 184 Å². The minimum Gasteiger partial charge on any atom is -0.479 e. The summed E-state index contributed by atoms with van der Waals surface area (Å²) in [6.45, 7) is 5.59. The van der Waals surface area contributed by atoms with Gasteiger partial charge in [-0.1, -0.05) is 13.0 Å². The molecule has 0 fully saturated rings. The first kappa shape index (κ1) is 21.0. The number of pyridine rings is 1. The summed E-state index contributed by atoms with van der Waals surface area (Å²) in [6.07, 6.45) is 1.76. The maximum Gasteiger partial charge on any atom is 0.328 e. The average Bonchev–Trinajstić information content (AvgIpc) is 3.28. The standard InChI is InChI=1S/C23H23N3O4S/c1-4-11-29-23(28)14(2)26-19-12-16(8-9-20(19)30-15(3)22(26)27)18-13-31-21(25-18)17-7-5-6-10-24-17/h5-10,12-15H,4,11H2,1-3H3. The number of carbonyl (C=O) groups is 2. The van der Waals surface area contributed by atoms with E-state index in [1.54, 1.807) is 20.0 Å². The van der Waals surface area contributed by atoms with Gasteiger partial charge in [0.25, 0.3) is 5.91 Å². The Balaban J connectivity index is 1.69. The van der Waals surface area contributed by atoms with E-state index in [1.807, 2.05) is 48.7 Å². The zero-order valence-corrected chi connectivity index (χ0v) is 18.4. The molecule has 3 heterocycles. The van der Waals surface area contributed by atoms with E-state index in [2.05, 4.69) is 4.98 Å². The molecular weight excluding hydrogens is 414 g/mol. The van der Waals surface area contributed by atoms with Crippen LogP contribution in [0.5, 0.6) is 5.75 Å². The number of amides is 1. The second-order valence-corrected chi connectivity index (χ2v) is 8.11. The Morgan fingerprint density at radius 3 is 2.87 bits per heavy atom. The Morgan fingerprint density at radius 2 is 2.13 bits per heavy atom. The number of anilines is 1. The second-order valence-electron chi connectivity index (χ2n) is 7.25. The maximum absolute atomic E-state index is 12.9. The third-order valence-corrected chi connectivity index (χ3v) is 5.83. The van der Waals surface area contributed by atoms with Crippen LogP contribution in [-0.4, -0.2) is 40.6 Å². The van der Waals surface area contributed by atoms with Gasteiger partial charge in [-0.15, -0.1) is 11.3 Å². The van der Waals surface area contributed by atoms with Crippen molar-refractivity contribution < 1.29 is 19.1 Å². The fraction of sp³-hybridized carbons (Fsp3) is 0.304. The predicted molar refractivity (Wildman–Crippen MR) is 119 cm³/mol. The highest BCUT2D eigenvalue weighted by atomic mass is 32.1. The van der Waals surface area contributed by atoms with Crippen LogP contribution in [0.4, 0.5) is 5.69 Å². The molecule has 0 bridgehead atoms. The molecule has 0 N–H and O–H groups in total. The largest absolute Gasteiger partial charge is 0.479 e. The number of benzene rings is 1. The molecule has 3 aromatic rings. The molecule has 1 aliphatic heterocycles. The molecule has 31 heavy (non-hydrogen) atoms. The Hall–Kier alpha value is -3.26. The summed E-state index contributed by atoms with van der Waals surface area (Å²) in [5, 5.41) is 2.76. The molecule has 1 aromatic carbocycles. The first-order chi connectivity index (χ1) is 15.0. The topological polar surface area (TPSA) is 81.6 Å². The van der Waals surface area contributed by atoms with Crippen molar-refractivity contribution in [2.24, 2.45) is 0 Å². The van der Waals surface area contributed by atoms with Crippen molar-refractivity contribution in [3.05, 3.63) is 48.0 Å². The molecule has 0 aliphatic carbocycles. The summed E-state index contributed by atoms with van der Waals surface area (Å²) in [6, 6.07) is 10.5. The summed E-state index contributed by atoms with van der Waals surface area (Å²) >= 11 is 1.50. The van der Waals surface area contributed by atoms with Gasteiger partial charge in [-0.25, -0.2) is 9.78 Å². The number of hydrogen-bond donors (Lipinski definition) is 0. The molecule has 0 radical (unpaired) electrons. The third-order valence-electron chi connectivity index (χ3n) is 4.97. The van der Waals surface area contributed by atoms with Gasteiger partial charge >= 0.3 is 5.97 Å². The smallest absolute Gasteiger partial charge is 0.328 e. The number of fused-ring (bicyclic) bond motifs is 1. The number of rotatable bonds is 6. The van der Waals surface area contributed by atoms with E-state index in [9.17, 15) is 9.59 Å². The monoisotopic (exact) mass is 437 g/mol. The molecule has 160 valence electrons. The van der Waals surface area contributed by atoms with Crippen molar-refractivity contribution in [3.63, 3.8) is 0 Å². The van der Waals surface area contributed by atoms with Crippen LogP contribution < -0.4 is 9.64 Å². The van der Waals surface area contributed by atoms with Crippen LogP contribution in [0.15, 0.2) is 48.0 Å². The molecule has 2 atom stereocenters. The zero-order chi connectivity index (χ0) is 22.0. The van der Waals surface area contributed by atoms with Crippen LogP contribution in [0.1, 0.15) is 27.2 Å². The van der Waals surface area contributed by atoms with Gasteiger partial charge in [-0.2, -0.15) is 0 Å². The lowest BCUT2D eigenvalue weighted by Gasteiger charge is -2.36. The lowest BCUT2D eigenvalue weighted by molar-refractivity contribution is -0.146. The van der Waals surface area contributed by atoms with Crippen molar-refractivity contribution in [2.45, 2.75) is 39.3 Å².